The standard InChI is InChI=1S/C23H22N4O4/c1-2-31-18-12-16(15-7-3-5-14(11-15)6-4-8-19(28)29)9-10-17(18)21-26-22-20(23(30)27-21)24-13-25-22/h3,5,7,9-13H,2,4,6,8H2,1H3,(H,28,29)(H2,24,25,26,27,30). The molecular weight excluding hydrogens is 396 g/mol. The molecule has 0 unspecified atom stereocenters. The molecule has 0 aliphatic heterocycles. The van der Waals surface area contributed by atoms with Crippen LogP contribution in [0.5, 0.6) is 5.75 Å². The number of fused-ring (bicyclic) bond motifs is 1. The lowest BCUT2D eigenvalue weighted by molar-refractivity contribution is -0.137. The van der Waals surface area contributed by atoms with E-state index in [0.717, 1.165) is 16.7 Å². The molecule has 0 radical (unpaired) electrons. The van der Waals surface area contributed by atoms with E-state index in [4.69, 9.17) is 9.84 Å². The Morgan fingerprint density at radius 1 is 1.16 bits per heavy atom. The fourth-order valence-electron chi connectivity index (χ4n) is 3.49. The first-order chi connectivity index (χ1) is 15.0. The van der Waals surface area contributed by atoms with Gasteiger partial charge in [0, 0.05) is 6.42 Å². The summed E-state index contributed by atoms with van der Waals surface area (Å²) in [6.45, 7) is 2.35. The van der Waals surface area contributed by atoms with E-state index in [2.05, 4.69) is 26.0 Å². The number of ether oxygens (including phenoxy) is 1. The van der Waals surface area contributed by atoms with Crippen LogP contribution in [0.4, 0.5) is 0 Å². The maximum absolute atomic E-state index is 12.3. The van der Waals surface area contributed by atoms with Gasteiger partial charge in [0.15, 0.2) is 11.2 Å². The molecule has 8 heteroatoms. The van der Waals surface area contributed by atoms with E-state index in [1.54, 1.807) is 0 Å². The minimum Gasteiger partial charge on any atom is -0.493 e. The molecule has 2 aromatic heterocycles. The number of aromatic nitrogens is 4. The van der Waals surface area contributed by atoms with Crippen molar-refractivity contribution in [1.82, 2.24) is 19.9 Å². The molecule has 0 atom stereocenters. The lowest BCUT2D eigenvalue weighted by Gasteiger charge is -2.13. The van der Waals surface area contributed by atoms with Crippen molar-refractivity contribution in [2.24, 2.45) is 0 Å². The zero-order valence-corrected chi connectivity index (χ0v) is 17.0. The molecule has 0 saturated heterocycles. The lowest BCUT2D eigenvalue weighted by atomic mass is 9.99. The van der Waals surface area contributed by atoms with Gasteiger partial charge < -0.3 is 19.8 Å². The number of aliphatic carboxylic acids is 1. The van der Waals surface area contributed by atoms with Gasteiger partial charge in [0.05, 0.1) is 18.5 Å². The van der Waals surface area contributed by atoms with E-state index < -0.39 is 5.97 Å². The number of rotatable bonds is 8. The van der Waals surface area contributed by atoms with Gasteiger partial charge in [0.1, 0.15) is 11.6 Å². The minimum atomic E-state index is -0.784. The number of aromatic amines is 2. The zero-order chi connectivity index (χ0) is 21.8. The number of carboxylic acids is 1. The van der Waals surface area contributed by atoms with Crippen LogP contribution >= 0.6 is 0 Å². The minimum absolute atomic E-state index is 0.152. The molecule has 158 valence electrons. The summed E-state index contributed by atoms with van der Waals surface area (Å²) in [6.07, 6.45) is 2.88. The van der Waals surface area contributed by atoms with Crippen molar-refractivity contribution in [1.29, 1.82) is 0 Å². The van der Waals surface area contributed by atoms with E-state index >= 15 is 0 Å². The average Bonchev–Trinajstić information content (AvgIpc) is 3.23. The van der Waals surface area contributed by atoms with Crippen LogP contribution in [0.25, 0.3) is 33.7 Å². The Morgan fingerprint density at radius 2 is 2.00 bits per heavy atom. The lowest BCUT2D eigenvalue weighted by Crippen LogP contribution is -2.10. The van der Waals surface area contributed by atoms with E-state index in [0.29, 0.717) is 47.7 Å². The summed E-state index contributed by atoms with van der Waals surface area (Å²) in [5, 5.41) is 8.84. The Morgan fingerprint density at radius 3 is 2.81 bits per heavy atom. The summed E-state index contributed by atoms with van der Waals surface area (Å²) in [6, 6.07) is 13.8. The molecular formula is C23H22N4O4. The molecule has 0 saturated carbocycles. The SMILES string of the molecule is CCOc1cc(-c2cccc(CCCC(=O)O)c2)ccc1-c1nc2nc[nH]c2c(=O)[nH]1. The van der Waals surface area contributed by atoms with Gasteiger partial charge in [-0.1, -0.05) is 30.3 Å². The Hall–Kier alpha value is -3.94. The van der Waals surface area contributed by atoms with E-state index in [1.165, 1.54) is 6.33 Å². The molecule has 4 rings (SSSR count). The van der Waals surface area contributed by atoms with Crippen LogP contribution in [0.1, 0.15) is 25.3 Å². The third-order valence-corrected chi connectivity index (χ3v) is 4.95. The van der Waals surface area contributed by atoms with Crippen molar-refractivity contribution in [2.45, 2.75) is 26.2 Å². The first-order valence-electron chi connectivity index (χ1n) is 10.1. The molecule has 4 aromatic rings. The van der Waals surface area contributed by atoms with Crippen LogP contribution in [0, 0.1) is 0 Å². The second-order valence-corrected chi connectivity index (χ2v) is 7.11. The Bertz CT molecular complexity index is 1290. The Balaban J connectivity index is 1.69. The maximum atomic E-state index is 12.3. The van der Waals surface area contributed by atoms with Crippen LogP contribution in [0.2, 0.25) is 0 Å². The van der Waals surface area contributed by atoms with Crippen LogP contribution in [0.3, 0.4) is 0 Å². The first-order valence-corrected chi connectivity index (χ1v) is 10.1. The van der Waals surface area contributed by atoms with Gasteiger partial charge in [0.2, 0.25) is 0 Å². The zero-order valence-electron chi connectivity index (χ0n) is 17.0. The van der Waals surface area contributed by atoms with E-state index in [1.807, 2.05) is 43.3 Å². The smallest absolute Gasteiger partial charge is 0.303 e. The van der Waals surface area contributed by atoms with Gasteiger partial charge >= 0.3 is 5.97 Å². The molecule has 3 N–H and O–H groups in total. The number of nitrogens with one attached hydrogen (secondary N) is 2. The molecule has 0 fully saturated rings. The highest BCUT2D eigenvalue weighted by atomic mass is 16.5. The third-order valence-electron chi connectivity index (χ3n) is 4.95. The summed E-state index contributed by atoms with van der Waals surface area (Å²) in [4.78, 5) is 37.2. The third kappa shape index (κ3) is 4.48. The fraction of sp³-hybridized carbons (Fsp3) is 0.217. The van der Waals surface area contributed by atoms with Gasteiger partial charge in [0.25, 0.3) is 5.56 Å². The van der Waals surface area contributed by atoms with Gasteiger partial charge in [-0.05, 0) is 48.6 Å². The maximum Gasteiger partial charge on any atom is 0.303 e. The molecule has 8 nitrogen and oxygen atoms in total. The highest BCUT2D eigenvalue weighted by Crippen LogP contribution is 2.33. The van der Waals surface area contributed by atoms with Gasteiger partial charge in [-0.2, -0.15) is 0 Å². The quantitative estimate of drug-likeness (QED) is 0.400. The molecule has 0 bridgehead atoms. The number of hydrogen-bond donors (Lipinski definition) is 3. The van der Waals surface area contributed by atoms with E-state index in [9.17, 15) is 9.59 Å². The van der Waals surface area contributed by atoms with Crippen molar-refractivity contribution < 1.29 is 14.6 Å². The molecule has 2 heterocycles. The topological polar surface area (TPSA) is 121 Å². The predicted molar refractivity (Wildman–Crippen MR) is 117 cm³/mol. The van der Waals surface area contributed by atoms with Crippen LogP contribution in [0.15, 0.2) is 53.6 Å². The van der Waals surface area contributed by atoms with Crippen molar-refractivity contribution >= 4 is 17.1 Å². The van der Waals surface area contributed by atoms with E-state index in [-0.39, 0.29) is 12.0 Å². The summed E-state index contributed by atoms with van der Waals surface area (Å²) < 4.78 is 5.85. The summed E-state index contributed by atoms with van der Waals surface area (Å²) in [5.41, 5.74) is 4.09. The number of hydrogen-bond acceptors (Lipinski definition) is 5. The highest BCUT2D eigenvalue weighted by Gasteiger charge is 2.14. The second kappa shape index (κ2) is 8.83. The van der Waals surface area contributed by atoms with Crippen LogP contribution in [-0.4, -0.2) is 37.6 Å². The molecule has 31 heavy (non-hydrogen) atoms. The highest BCUT2D eigenvalue weighted by molar-refractivity contribution is 5.77. The summed E-state index contributed by atoms with van der Waals surface area (Å²) in [7, 11) is 0. The number of carboxylic acid groups (broad SMARTS) is 1. The van der Waals surface area contributed by atoms with Crippen molar-refractivity contribution in [3.8, 4) is 28.3 Å². The van der Waals surface area contributed by atoms with Gasteiger partial charge in [-0.3, -0.25) is 9.59 Å². The Labute approximate surface area is 178 Å². The van der Waals surface area contributed by atoms with Gasteiger partial charge in [-0.15, -0.1) is 0 Å². The monoisotopic (exact) mass is 418 g/mol. The normalized spacial score (nSPS) is 11.0. The number of benzene rings is 2. The molecule has 2 aromatic carbocycles. The molecule has 0 amide bonds. The molecule has 0 spiro atoms. The largest absolute Gasteiger partial charge is 0.493 e. The van der Waals surface area contributed by atoms with Crippen LogP contribution < -0.4 is 10.3 Å². The second-order valence-electron chi connectivity index (χ2n) is 7.11. The number of aryl methyl sites for hydroxylation is 1. The Kier molecular flexibility index (Phi) is 5.79. The van der Waals surface area contributed by atoms with Gasteiger partial charge in [-0.25, -0.2) is 9.97 Å². The first kappa shape index (κ1) is 20.3. The van der Waals surface area contributed by atoms with Crippen molar-refractivity contribution in [2.75, 3.05) is 6.61 Å². The number of H-pyrrole nitrogens is 2. The number of imidazole rings is 1. The summed E-state index contributed by atoms with van der Waals surface area (Å²) in [5.74, 6) is 0.212. The average molecular weight is 418 g/mol. The van der Waals surface area contributed by atoms with Crippen molar-refractivity contribution in [3.05, 3.63) is 64.7 Å². The van der Waals surface area contributed by atoms with Crippen LogP contribution in [-0.2, 0) is 11.2 Å². The fourth-order valence-corrected chi connectivity index (χ4v) is 3.49. The van der Waals surface area contributed by atoms with Crippen molar-refractivity contribution in [3.63, 3.8) is 0 Å². The molecule has 0 aliphatic carbocycles. The number of carbonyl (C=O) groups is 1. The predicted octanol–water partition coefficient (Wildman–Crippen LogP) is 3.79. The molecule has 0 aliphatic rings. The summed E-state index contributed by atoms with van der Waals surface area (Å²) >= 11 is 0. The number of nitrogens with zero attached hydrogens (tertiary/aromatic N) is 2.